The molecule has 0 saturated carbocycles. The average molecular weight is 422 g/mol. The third-order valence-electron chi connectivity index (χ3n) is 5.08. The fourth-order valence-electron chi connectivity index (χ4n) is 3.57. The number of guanidine groups is 1. The van der Waals surface area contributed by atoms with Crippen LogP contribution in [-0.4, -0.2) is 30.4 Å². The molecule has 3 N–H and O–H groups in total. The molecule has 1 heterocycles. The number of hydrogen-bond donors (Lipinski definition) is 2. The molecule has 3 aromatic carbocycles. The predicted octanol–water partition coefficient (Wildman–Crippen LogP) is 4.06. The topological polar surface area (TPSA) is 80.0 Å². The lowest BCUT2D eigenvalue weighted by atomic mass is 9.82. The zero-order valence-corrected chi connectivity index (χ0v) is 16.6. The molecule has 0 fully saturated rings. The Morgan fingerprint density at radius 2 is 1.65 bits per heavy atom. The summed E-state index contributed by atoms with van der Waals surface area (Å²) in [6.45, 7) is -2.94. The van der Waals surface area contributed by atoms with E-state index in [1.165, 1.54) is 17.0 Å². The number of hydrogen-bond acceptors (Lipinski definition) is 5. The normalized spacial score (nSPS) is 18.3. The van der Waals surface area contributed by atoms with Crippen LogP contribution in [0.3, 0.4) is 0 Å². The average Bonchev–Trinajstić information content (AvgIpc) is 3.00. The summed E-state index contributed by atoms with van der Waals surface area (Å²) >= 11 is 0. The van der Waals surface area contributed by atoms with Gasteiger partial charge in [-0.1, -0.05) is 42.5 Å². The quantitative estimate of drug-likeness (QED) is 0.628. The summed E-state index contributed by atoms with van der Waals surface area (Å²) in [7, 11) is 1.54. The van der Waals surface area contributed by atoms with Crippen molar-refractivity contribution in [3.8, 4) is 5.75 Å². The minimum atomic E-state index is -2.94. The lowest BCUT2D eigenvalue weighted by Gasteiger charge is -2.26. The second-order valence-electron chi connectivity index (χ2n) is 7.02. The minimum Gasteiger partial charge on any atom is -0.435 e. The molecule has 158 valence electrons. The van der Waals surface area contributed by atoms with Crippen LogP contribution in [0.4, 0.5) is 20.2 Å². The monoisotopic (exact) mass is 422 g/mol. The number of aliphatic imine (C=N–C) groups is 1. The summed E-state index contributed by atoms with van der Waals surface area (Å²) in [6.07, 6.45) is 0. The maximum atomic E-state index is 13.3. The SMILES string of the molecule is CN1C(=O)C(c2ccc(OC(F)F)cc2)(c2cccc(Nc3ccccc3)c2)N=C1N. The van der Waals surface area contributed by atoms with Crippen LogP contribution in [0.2, 0.25) is 0 Å². The molecule has 1 atom stereocenters. The first-order chi connectivity index (χ1) is 14.9. The van der Waals surface area contributed by atoms with Gasteiger partial charge in [-0.2, -0.15) is 8.78 Å². The van der Waals surface area contributed by atoms with Crippen LogP contribution in [-0.2, 0) is 10.3 Å². The number of alkyl halides is 2. The van der Waals surface area contributed by atoms with E-state index in [1.54, 1.807) is 25.2 Å². The van der Waals surface area contributed by atoms with Crippen molar-refractivity contribution in [1.82, 2.24) is 4.90 Å². The highest BCUT2D eigenvalue weighted by Crippen LogP contribution is 2.40. The number of benzene rings is 3. The number of amides is 1. The summed E-state index contributed by atoms with van der Waals surface area (Å²) in [5.74, 6) is -0.284. The third kappa shape index (κ3) is 3.79. The van der Waals surface area contributed by atoms with Crippen molar-refractivity contribution in [3.63, 3.8) is 0 Å². The van der Waals surface area contributed by atoms with Crippen LogP contribution < -0.4 is 15.8 Å². The van der Waals surface area contributed by atoms with E-state index in [4.69, 9.17) is 5.73 Å². The summed E-state index contributed by atoms with van der Waals surface area (Å²) < 4.78 is 29.5. The van der Waals surface area contributed by atoms with E-state index < -0.39 is 12.2 Å². The van der Waals surface area contributed by atoms with Crippen LogP contribution in [0.5, 0.6) is 5.75 Å². The van der Waals surface area contributed by atoms with Crippen molar-refractivity contribution in [1.29, 1.82) is 0 Å². The number of anilines is 2. The van der Waals surface area contributed by atoms with Crippen molar-refractivity contribution in [3.05, 3.63) is 90.0 Å². The lowest BCUT2D eigenvalue weighted by Crippen LogP contribution is -2.41. The maximum Gasteiger partial charge on any atom is 0.387 e. The number of nitrogens with one attached hydrogen (secondary N) is 1. The molecule has 1 aliphatic heterocycles. The molecule has 8 heteroatoms. The first-order valence-corrected chi connectivity index (χ1v) is 9.51. The number of rotatable bonds is 6. The van der Waals surface area contributed by atoms with Crippen LogP contribution in [0.1, 0.15) is 11.1 Å². The molecule has 0 aliphatic carbocycles. The zero-order chi connectivity index (χ0) is 22.0. The fraction of sp³-hybridized carbons (Fsp3) is 0.130. The van der Waals surface area contributed by atoms with E-state index in [0.29, 0.717) is 11.1 Å². The smallest absolute Gasteiger partial charge is 0.387 e. The fourth-order valence-corrected chi connectivity index (χ4v) is 3.57. The lowest BCUT2D eigenvalue weighted by molar-refractivity contribution is -0.129. The van der Waals surface area contributed by atoms with Crippen LogP contribution >= 0.6 is 0 Å². The van der Waals surface area contributed by atoms with Crippen LogP contribution in [0.15, 0.2) is 83.9 Å². The number of halogens is 2. The van der Waals surface area contributed by atoms with E-state index in [-0.39, 0.29) is 17.6 Å². The Bertz CT molecular complexity index is 1120. The highest BCUT2D eigenvalue weighted by molar-refractivity contribution is 6.09. The summed E-state index contributed by atoms with van der Waals surface area (Å²) in [5, 5.41) is 3.30. The van der Waals surface area contributed by atoms with Gasteiger partial charge in [-0.15, -0.1) is 0 Å². The molecular weight excluding hydrogens is 402 g/mol. The number of nitrogens with zero attached hydrogens (tertiary/aromatic N) is 2. The summed E-state index contributed by atoms with van der Waals surface area (Å²) in [6, 6.07) is 22.7. The predicted molar refractivity (Wildman–Crippen MR) is 114 cm³/mol. The standard InChI is InChI=1S/C23H20F2N4O2/c1-29-20(30)23(28-22(29)26,15-10-12-19(13-11-15)31-21(24)25)16-6-5-9-18(14-16)27-17-7-3-2-4-8-17/h2-14,21,27H,1H3,(H2,26,28). The number of carbonyl (C=O) groups is 1. The third-order valence-corrected chi connectivity index (χ3v) is 5.08. The summed E-state index contributed by atoms with van der Waals surface area (Å²) in [4.78, 5) is 19.1. The van der Waals surface area contributed by atoms with E-state index in [0.717, 1.165) is 11.4 Å². The van der Waals surface area contributed by atoms with E-state index in [9.17, 15) is 13.6 Å². The molecule has 6 nitrogen and oxygen atoms in total. The second-order valence-corrected chi connectivity index (χ2v) is 7.02. The van der Waals surface area contributed by atoms with Crippen molar-refractivity contribution in [2.24, 2.45) is 10.7 Å². The highest BCUT2D eigenvalue weighted by Gasteiger charge is 2.49. The molecule has 0 aromatic heterocycles. The number of nitrogens with two attached hydrogens (primary N) is 1. The zero-order valence-electron chi connectivity index (χ0n) is 16.6. The summed E-state index contributed by atoms with van der Waals surface area (Å²) in [5.41, 5.74) is 7.29. The maximum absolute atomic E-state index is 13.3. The number of likely N-dealkylation sites (N-methyl/N-ethyl adjacent to an activating group) is 1. The number of ether oxygens (including phenoxy) is 1. The van der Waals surface area contributed by atoms with Gasteiger partial charge >= 0.3 is 6.61 Å². The second kappa shape index (κ2) is 8.06. The van der Waals surface area contributed by atoms with Gasteiger partial charge in [0.05, 0.1) is 0 Å². The van der Waals surface area contributed by atoms with Gasteiger partial charge in [0.2, 0.25) is 0 Å². The molecule has 3 aromatic rings. The van der Waals surface area contributed by atoms with Crippen LogP contribution in [0.25, 0.3) is 0 Å². The van der Waals surface area contributed by atoms with Crippen molar-refractivity contribution in [2.75, 3.05) is 12.4 Å². The molecule has 4 rings (SSSR count). The first-order valence-electron chi connectivity index (χ1n) is 9.51. The van der Waals surface area contributed by atoms with Gasteiger partial charge in [-0.05, 0) is 47.5 Å². The Balaban J connectivity index is 1.78. The molecule has 0 radical (unpaired) electrons. The molecule has 31 heavy (non-hydrogen) atoms. The van der Waals surface area contributed by atoms with Gasteiger partial charge in [0.1, 0.15) is 5.75 Å². The molecule has 0 spiro atoms. The Hall–Kier alpha value is -3.94. The Morgan fingerprint density at radius 3 is 2.26 bits per heavy atom. The molecule has 1 amide bonds. The van der Waals surface area contributed by atoms with Crippen molar-refractivity contribution in [2.45, 2.75) is 12.2 Å². The molecular formula is C23H20F2N4O2. The minimum absolute atomic E-state index is 0.0100. The van der Waals surface area contributed by atoms with Crippen molar-refractivity contribution >= 4 is 23.2 Å². The van der Waals surface area contributed by atoms with Crippen LogP contribution in [0, 0.1) is 0 Å². The Labute approximate surface area is 178 Å². The van der Waals surface area contributed by atoms with E-state index >= 15 is 0 Å². The number of para-hydroxylation sites is 1. The molecule has 0 saturated heterocycles. The van der Waals surface area contributed by atoms with E-state index in [1.807, 2.05) is 48.5 Å². The Kier molecular flexibility index (Phi) is 5.29. The van der Waals surface area contributed by atoms with Gasteiger partial charge < -0.3 is 15.8 Å². The highest BCUT2D eigenvalue weighted by atomic mass is 19.3. The van der Waals surface area contributed by atoms with Gasteiger partial charge in [-0.25, -0.2) is 4.99 Å². The van der Waals surface area contributed by atoms with Gasteiger partial charge in [0.25, 0.3) is 5.91 Å². The number of carbonyl (C=O) groups excluding carboxylic acids is 1. The van der Waals surface area contributed by atoms with Crippen molar-refractivity contribution < 1.29 is 18.3 Å². The van der Waals surface area contributed by atoms with Gasteiger partial charge in [-0.3, -0.25) is 9.69 Å². The van der Waals surface area contributed by atoms with Gasteiger partial charge in [0.15, 0.2) is 11.5 Å². The largest absolute Gasteiger partial charge is 0.435 e. The first kappa shape index (κ1) is 20.3. The van der Waals surface area contributed by atoms with Gasteiger partial charge in [0, 0.05) is 18.4 Å². The molecule has 1 unspecified atom stereocenters. The molecule has 0 bridgehead atoms. The molecule has 1 aliphatic rings. The van der Waals surface area contributed by atoms with E-state index in [2.05, 4.69) is 15.0 Å². The Morgan fingerprint density at radius 1 is 0.968 bits per heavy atom.